The lowest BCUT2D eigenvalue weighted by Crippen LogP contribution is -2.28. The molecule has 0 N–H and O–H groups in total. The first-order chi connectivity index (χ1) is 12.2. The molecule has 126 valence electrons. The number of benzene rings is 2. The minimum atomic E-state index is -0.530. The summed E-state index contributed by atoms with van der Waals surface area (Å²) >= 11 is 0. The number of hydrogen-bond donors (Lipinski definition) is 0. The number of ether oxygens (including phenoxy) is 1. The number of nitrogens with zero attached hydrogens (tertiary/aromatic N) is 1. The fraction of sp³-hybridized carbons (Fsp3) is 0.150. The molecule has 1 unspecified atom stereocenters. The molecule has 4 nitrogen and oxygen atoms in total. The Labute approximate surface area is 144 Å². The first-order valence-corrected chi connectivity index (χ1v) is 8.01. The fourth-order valence-electron chi connectivity index (χ4n) is 3.09. The molecule has 1 aliphatic heterocycles. The van der Waals surface area contributed by atoms with Gasteiger partial charge >= 0.3 is 5.97 Å². The van der Waals surface area contributed by atoms with E-state index in [1.807, 2.05) is 41.3 Å². The molecule has 0 spiro atoms. The number of furan rings is 1. The van der Waals surface area contributed by atoms with Crippen LogP contribution in [0.1, 0.15) is 33.5 Å². The topological polar surface area (TPSA) is 42.7 Å². The molecule has 0 saturated carbocycles. The number of carbonyl (C=O) groups excluding carboxylic acids is 1. The molecule has 1 aromatic heterocycles. The van der Waals surface area contributed by atoms with Crippen molar-refractivity contribution in [2.24, 2.45) is 0 Å². The number of halogens is 1. The second-order valence-electron chi connectivity index (χ2n) is 5.96. The Bertz CT molecular complexity index is 891. The second-order valence-corrected chi connectivity index (χ2v) is 5.96. The summed E-state index contributed by atoms with van der Waals surface area (Å²) in [6.45, 7) is 0.862. The molecular weight excluding hydrogens is 321 g/mol. The van der Waals surface area contributed by atoms with Crippen LogP contribution < -0.4 is 0 Å². The van der Waals surface area contributed by atoms with Gasteiger partial charge in [0.25, 0.3) is 0 Å². The lowest BCUT2D eigenvalue weighted by Gasteiger charge is -2.27. The number of hydrogen-bond acceptors (Lipinski definition) is 4. The molecule has 1 aliphatic rings. The average molecular weight is 337 g/mol. The van der Waals surface area contributed by atoms with Crippen molar-refractivity contribution in [1.82, 2.24) is 4.90 Å². The van der Waals surface area contributed by atoms with Gasteiger partial charge in [-0.15, -0.1) is 0 Å². The number of carbonyl (C=O) groups is 1. The molecule has 1 atom stereocenters. The zero-order valence-electron chi connectivity index (χ0n) is 13.4. The number of cyclic esters (lactones) is 1. The highest BCUT2D eigenvalue weighted by atomic mass is 19.1. The Morgan fingerprint density at radius 2 is 1.88 bits per heavy atom. The summed E-state index contributed by atoms with van der Waals surface area (Å²) in [5.74, 6) is 0.111. The van der Waals surface area contributed by atoms with Crippen molar-refractivity contribution in [2.75, 3.05) is 0 Å². The van der Waals surface area contributed by atoms with Gasteiger partial charge in [-0.2, -0.15) is 0 Å². The Hall–Kier alpha value is -2.92. The monoisotopic (exact) mass is 337 g/mol. The third kappa shape index (κ3) is 3.19. The first kappa shape index (κ1) is 15.6. The van der Waals surface area contributed by atoms with Gasteiger partial charge in [0.2, 0.25) is 0 Å². The molecule has 0 radical (unpaired) electrons. The molecule has 3 aromatic rings. The van der Waals surface area contributed by atoms with Crippen LogP contribution in [0.3, 0.4) is 0 Å². The molecule has 25 heavy (non-hydrogen) atoms. The summed E-state index contributed by atoms with van der Waals surface area (Å²) in [4.78, 5) is 14.1. The molecular formula is C20H16FNO3. The molecule has 0 amide bonds. The van der Waals surface area contributed by atoms with E-state index in [0.717, 1.165) is 16.9 Å². The van der Waals surface area contributed by atoms with E-state index in [9.17, 15) is 9.18 Å². The van der Waals surface area contributed by atoms with E-state index in [2.05, 4.69) is 0 Å². The summed E-state index contributed by atoms with van der Waals surface area (Å²) < 4.78 is 24.6. The maximum absolute atomic E-state index is 13.6. The highest BCUT2D eigenvalue weighted by Gasteiger charge is 2.35. The first-order valence-electron chi connectivity index (χ1n) is 8.01. The van der Waals surface area contributed by atoms with Crippen molar-refractivity contribution in [3.8, 4) is 0 Å². The predicted molar refractivity (Wildman–Crippen MR) is 89.0 cm³/mol. The summed E-state index contributed by atoms with van der Waals surface area (Å²) in [6.07, 6.45) is 1.07. The highest BCUT2D eigenvalue weighted by molar-refractivity contribution is 5.93. The summed E-state index contributed by atoms with van der Waals surface area (Å²) in [7, 11) is 0. The van der Waals surface area contributed by atoms with Gasteiger partial charge < -0.3 is 9.15 Å². The second kappa shape index (κ2) is 6.53. The van der Waals surface area contributed by atoms with Crippen molar-refractivity contribution in [3.63, 3.8) is 0 Å². The van der Waals surface area contributed by atoms with Crippen LogP contribution in [0.4, 0.5) is 4.39 Å². The van der Waals surface area contributed by atoms with Crippen molar-refractivity contribution in [1.29, 1.82) is 0 Å². The van der Waals surface area contributed by atoms with Gasteiger partial charge in [-0.25, -0.2) is 9.18 Å². The van der Waals surface area contributed by atoms with Crippen LogP contribution in [-0.2, 0) is 17.8 Å². The molecule has 0 saturated heterocycles. The van der Waals surface area contributed by atoms with Gasteiger partial charge in [0.05, 0.1) is 18.4 Å². The number of fused-ring (bicyclic) bond motifs is 1. The third-order valence-corrected chi connectivity index (χ3v) is 4.21. The minimum Gasteiger partial charge on any atom is -0.468 e. The van der Waals surface area contributed by atoms with Crippen molar-refractivity contribution in [2.45, 2.75) is 19.3 Å². The van der Waals surface area contributed by atoms with Crippen molar-refractivity contribution < 1.29 is 18.3 Å². The van der Waals surface area contributed by atoms with E-state index in [1.165, 1.54) is 12.1 Å². The Balaban J connectivity index is 1.67. The van der Waals surface area contributed by atoms with Gasteiger partial charge in [0.1, 0.15) is 11.6 Å². The normalized spacial score (nSPS) is 16.1. The van der Waals surface area contributed by atoms with E-state index in [-0.39, 0.29) is 11.8 Å². The standard InChI is InChI=1S/C20H16FNO3/c21-15-6-3-5-14(11-15)12-22(13-16-7-4-10-24-16)19-17-8-1-2-9-18(17)20(23)25-19/h1-11,19H,12-13H2. The van der Waals surface area contributed by atoms with Crippen LogP contribution in [0.2, 0.25) is 0 Å². The van der Waals surface area contributed by atoms with Gasteiger partial charge in [-0.3, -0.25) is 4.90 Å². The maximum Gasteiger partial charge on any atom is 0.340 e. The number of esters is 1. The van der Waals surface area contributed by atoms with Crippen LogP contribution in [0, 0.1) is 5.82 Å². The zero-order valence-corrected chi connectivity index (χ0v) is 13.4. The van der Waals surface area contributed by atoms with Gasteiger partial charge in [-0.1, -0.05) is 30.3 Å². The summed E-state index contributed by atoms with van der Waals surface area (Å²) in [5.41, 5.74) is 2.18. The van der Waals surface area contributed by atoms with Gasteiger partial charge in [-0.05, 0) is 35.9 Å². The van der Waals surface area contributed by atoms with E-state index in [0.29, 0.717) is 18.7 Å². The van der Waals surface area contributed by atoms with Gasteiger partial charge in [0.15, 0.2) is 6.23 Å². The summed E-state index contributed by atoms with van der Waals surface area (Å²) in [5, 5.41) is 0. The molecule has 0 aliphatic carbocycles. The molecule has 4 rings (SSSR count). The average Bonchev–Trinajstić information content (AvgIpc) is 3.23. The van der Waals surface area contributed by atoms with E-state index in [1.54, 1.807) is 18.4 Å². The quantitative estimate of drug-likeness (QED) is 0.652. The number of rotatable bonds is 5. The molecule has 5 heteroatoms. The highest BCUT2D eigenvalue weighted by Crippen LogP contribution is 2.35. The van der Waals surface area contributed by atoms with E-state index in [4.69, 9.17) is 9.15 Å². The van der Waals surface area contributed by atoms with Crippen LogP contribution in [0.25, 0.3) is 0 Å². The van der Waals surface area contributed by atoms with Crippen LogP contribution in [0.5, 0.6) is 0 Å². The molecule has 2 heterocycles. The SMILES string of the molecule is O=C1OC(N(Cc2cccc(F)c2)Cc2ccco2)c2ccccc21. The van der Waals surface area contributed by atoms with Crippen LogP contribution in [0.15, 0.2) is 71.3 Å². The van der Waals surface area contributed by atoms with E-state index >= 15 is 0 Å². The third-order valence-electron chi connectivity index (χ3n) is 4.21. The zero-order chi connectivity index (χ0) is 17.2. The predicted octanol–water partition coefficient (Wildman–Crippen LogP) is 4.29. The van der Waals surface area contributed by atoms with Crippen molar-refractivity contribution in [3.05, 3.63) is 95.2 Å². The van der Waals surface area contributed by atoms with E-state index < -0.39 is 6.23 Å². The Morgan fingerprint density at radius 3 is 2.68 bits per heavy atom. The Kier molecular flexibility index (Phi) is 4.07. The molecule has 2 aromatic carbocycles. The largest absolute Gasteiger partial charge is 0.468 e. The Morgan fingerprint density at radius 1 is 1.00 bits per heavy atom. The lowest BCUT2D eigenvalue weighted by molar-refractivity contribution is -0.0335. The fourth-order valence-corrected chi connectivity index (χ4v) is 3.09. The van der Waals surface area contributed by atoms with Gasteiger partial charge in [0, 0.05) is 12.1 Å². The summed E-state index contributed by atoms with van der Waals surface area (Å²) in [6, 6.07) is 17.4. The minimum absolute atomic E-state index is 0.292. The van der Waals surface area contributed by atoms with Crippen LogP contribution in [-0.4, -0.2) is 10.9 Å². The van der Waals surface area contributed by atoms with Crippen molar-refractivity contribution >= 4 is 5.97 Å². The molecule has 0 fully saturated rings. The lowest BCUT2D eigenvalue weighted by atomic mass is 10.1. The van der Waals surface area contributed by atoms with Crippen LogP contribution >= 0.6 is 0 Å². The smallest absolute Gasteiger partial charge is 0.340 e. The maximum atomic E-state index is 13.6. The molecule has 0 bridgehead atoms.